The van der Waals surface area contributed by atoms with Crippen LogP contribution in [0.2, 0.25) is 0 Å². The number of benzene rings is 2. The third-order valence-corrected chi connectivity index (χ3v) is 7.02. The van der Waals surface area contributed by atoms with Crippen molar-refractivity contribution < 1.29 is 22.3 Å². The molecule has 0 atom stereocenters. The van der Waals surface area contributed by atoms with Gasteiger partial charge in [-0.25, -0.2) is 12.8 Å². The summed E-state index contributed by atoms with van der Waals surface area (Å²) in [5, 5.41) is 0. The molecule has 7 nitrogen and oxygen atoms in total. The monoisotopic (exact) mass is 463 g/mol. The lowest BCUT2D eigenvalue weighted by Crippen LogP contribution is -2.45. The second-order valence-corrected chi connectivity index (χ2v) is 9.90. The van der Waals surface area contributed by atoms with E-state index in [2.05, 4.69) is 15.2 Å². The summed E-state index contributed by atoms with van der Waals surface area (Å²) in [7, 11) is -2.09. The van der Waals surface area contributed by atoms with Crippen LogP contribution in [0.4, 0.5) is 4.39 Å². The number of nitrogens with one attached hydrogen (secondary N) is 2. The number of methoxy groups -OCH3 is 1. The molecule has 0 spiro atoms. The number of carbonyl (C=O) groups is 1. The van der Waals surface area contributed by atoms with E-state index in [9.17, 15) is 17.6 Å². The largest absolute Gasteiger partial charge is 0.383 e. The molecule has 0 aliphatic carbocycles. The molecule has 1 aliphatic heterocycles. The van der Waals surface area contributed by atoms with Crippen LogP contribution in [0.15, 0.2) is 42.5 Å². The first-order valence-electron chi connectivity index (χ1n) is 10.7. The lowest BCUT2D eigenvalue weighted by molar-refractivity contribution is 0.0940. The Kier molecular flexibility index (Phi) is 8.36. The van der Waals surface area contributed by atoms with E-state index in [0.29, 0.717) is 17.7 Å². The van der Waals surface area contributed by atoms with Gasteiger partial charge in [-0.15, -0.1) is 4.83 Å². The summed E-state index contributed by atoms with van der Waals surface area (Å²) in [5.41, 5.74) is 3.78. The molecule has 1 heterocycles. The van der Waals surface area contributed by atoms with Crippen LogP contribution in [0.1, 0.15) is 28.8 Å². The number of hydrogen-bond acceptors (Lipinski definition) is 5. The maximum Gasteiger partial charge on any atom is 0.269 e. The Bertz CT molecular complexity index is 1020. The van der Waals surface area contributed by atoms with Gasteiger partial charge in [-0.3, -0.25) is 10.2 Å². The fourth-order valence-electron chi connectivity index (χ4n) is 3.87. The second kappa shape index (κ2) is 11.0. The fraction of sp³-hybridized carbons (Fsp3) is 0.435. The van der Waals surface area contributed by atoms with Crippen LogP contribution in [0.5, 0.6) is 0 Å². The average Bonchev–Trinajstić information content (AvgIpc) is 2.79. The number of sulfonamides is 1. The second-order valence-electron chi connectivity index (χ2n) is 8.14. The third kappa shape index (κ3) is 6.59. The van der Waals surface area contributed by atoms with Crippen molar-refractivity contribution in [1.82, 2.24) is 15.2 Å². The van der Waals surface area contributed by atoms with E-state index in [4.69, 9.17) is 4.74 Å². The Hall–Kier alpha value is -2.33. The van der Waals surface area contributed by atoms with Crippen molar-refractivity contribution in [3.8, 4) is 11.1 Å². The maximum absolute atomic E-state index is 14.6. The number of likely N-dealkylation sites (tertiary alicyclic amines) is 1. The van der Waals surface area contributed by atoms with Crippen LogP contribution in [0.25, 0.3) is 11.1 Å². The smallest absolute Gasteiger partial charge is 0.269 e. The van der Waals surface area contributed by atoms with Crippen LogP contribution >= 0.6 is 0 Å². The molecule has 3 rings (SSSR count). The van der Waals surface area contributed by atoms with E-state index in [-0.39, 0.29) is 17.2 Å². The number of hydrazine groups is 1. The molecule has 2 N–H and O–H groups in total. The average molecular weight is 464 g/mol. The molecule has 0 radical (unpaired) electrons. The van der Waals surface area contributed by atoms with Crippen LogP contribution in [-0.4, -0.2) is 58.3 Å². The molecular formula is C23H30FN3O4S. The van der Waals surface area contributed by atoms with Crippen molar-refractivity contribution >= 4 is 15.9 Å². The summed E-state index contributed by atoms with van der Waals surface area (Å²) >= 11 is 0. The topological polar surface area (TPSA) is 87.7 Å². The van der Waals surface area contributed by atoms with Gasteiger partial charge >= 0.3 is 0 Å². The normalized spacial score (nSPS) is 15.6. The number of nitrogens with zero attached hydrogens (tertiary/aromatic N) is 1. The Morgan fingerprint density at radius 1 is 1.16 bits per heavy atom. The van der Waals surface area contributed by atoms with E-state index in [0.717, 1.165) is 38.0 Å². The summed E-state index contributed by atoms with van der Waals surface area (Å²) in [4.78, 5) is 17.0. The maximum atomic E-state index is 14.6. The quantitative estimate of drug-likeness (QED) is 0.559. The standard InChI is InChI=1S/C23H30FN3O4S/c1-17-14-20(19-6-4-3-5-7-19)15-21(22(17)24)23(28)25-26-32(29,30)16-18-8-10-27(11-9-18)12-13-31-2/h3-7,14-15,18,26H,8-13,16H2,1-2H3,(H,25,28). The lowest BCUT2D eigenvalue weighted by Gasteiger charge is -2.31. The molecule has 174 valence electrons. The zero-order valence-corrected chi connectivity index (χ0v) is 19.3. The highest BCUT2D eigenvalue weighted by Crippen LogP contribution is 2.25. The van der Waals surface area contributed by atoms with Crippen molar-refractivity contribution in [3.63, 3.8) is 0 Å². The predicted molar refractivity (Wildman–Crippen MR) is 122 cm³/mol. The lowest BCUT2D eigenvalue weighted by atomic mass is 9.99. The summed E-state index contributed by atoms with van der Waals surface area (Å²) < 4.78 is 44.6. The molecule has 32 heavy (non-hydrogen) atoms. The minimum Gasteiger partial charge on any atom is -0.383 e. The van der Waals surface area contributed by atoms with Gasteiger partial charge in [0.25, 0.3) is 5.91 Å². The molecule has 0 saturated carbocycles. The molecule has 0 bridgehead atoms. The zero-order valence-electron chi connectivity index (χ0n) is 18.4. The molecule has 0 unspecified atom stereocenters. The van der Waals surface area contributed by atoms with Gasteiger partial charge in [0.1, 0.15) is 5.82 Å². The van der Waals surface area contributed by atoms with Crippen LogP contribution in [0, 0.1) is 18.7 Å². The Labute approximate surface area is 189 Å². The minimum absolute atomic E-state index is 0.00332. The number of piperidine rings is 1. The molecule has 0 aromatic heterocycles. The van der Waals surface area contributed by atoms with Gasteiger partial charge in [-0.2, -0.15) is 0 Å². The molecule has 2 aromatic rings. The van der Waals surface area contributed by atoms with Crippen molar-refractivity contribution in [2.75, 3.05) is 39.1 Å². The van der Waals surface area contributed by atoms with Crippen molar-refractivity contribution in [1.29, 1.82) is 0 Å². The highest BCUT2D eigenvalue weighted by Gasteiger charge is 2.25. The first kappa shape index (κ1) is 24.3. The van der Waals surface area contributed by atoms with Gasteiger partial charge in [0.2, 0.25) is 10.0 Å². The molecule has 2 aromatic carbocycles. The summed E-state index contributed by atoms with van der Waals surface area (Å²) in [6.07, 6.45) is 1.51. The number of rotatable bonds is 9. The summed E-state index contributed by atoms with van der Waals surface area (Å²) in [6.45, 7) is 4.68. The Morgan fingerprint density at radius 2 is 1.84 bits per heavy atom. The third-order valence-electron chi connectivity index (χ3n) is 5.70. The van der Waals surface area contributed by atoms with Crippen LogP contribution < -0.4 is 10.3 Å². The van der Waals surface area contributed by atoms with E-state index < -0.39 is 21.7 Å². The highest BCUT2D eigenvalue weighted by atomic mass is 32.2. The summed E-state index contributed by atoms with van der Waals surface area (Å²) in [5.74, 6) is -1.59. The van der Waals surface area contributed by atoms with Gasteiger partial charge in [-0.05, 0) is 67.6 Å². The first-order chi connectivity index (χ1) is 15.3. The molecule has 1 fully saturated rings. The number of amides is 1. The highest BCUT2D eigenvalue weighted by molar-refractivity contribution is 7.89. The van der Waals surface area contributed by atoms with Gasteiger partial charge in [0, 0.05) is 13.7 Å². The van der Waals surface area contributed by atoms with E-state index in [1.165, 1.54) is 6.07 Å². The number of aryl methyl sites for hydroxylation is 1. The molecular weight excluding hydrogens is 433 g/mol. The molecule has 9 heteroatoms. The Balaban J connectivity index is 1.60. The molecule has 1 saturated heterocycles. The van der Waals surface area contributed by atoms with Gasteiger partial charge in [0.05, 0.1) is 17.9 Å². The first-order valence-corrected chi connectivity index (χ1v) is 12.3. The van der Waals surface area contributed by atoms with Crippen LogP contribution in [-0.2, 0) is 14.8 Å². The molecule has 1 aliphatic rings. The SMILES string of the molecule is COCCN1CCC(CS(=O)(=O)NNC(=O)c2cc(-c3ccccc3)cc(C)c2F)CC1. The van der Waals surface area contributed by atoms with E-state index >= 15 is 0 Å². The predicted octanol–water partition coefficient (Wildman–Crippen LogP) is 2.72. The van der Waals surface area contributed by atoms with Gasteiger partial charge < -0.3 is 9.64 Å². The number of halogens is 1. The Morgan fingerprint density at radius 3 is 2.50 bits per heavy atom. The van der Waals surface area contributed by atoms with Gasteiger partial charge in [-0.1, -0.05) is 30.3 Å². The fourth-order valence-corrected chi connectivity index (χ4v) is 5.16. The summed E-state index contributed by atoms with van der Waals surface area (Å²) in [6, 6.07) is 12.4. The van der Waals surface area contributed by atoms with E-state index in [1.807, 2.05) is 30.3 Å². The number of carbonyl (C=O) groups excluding carboxylic acids is 1. The molecule has 1 amide bonds. The number of ether oxygens (including phenoxy) is 1. The minimum atomic E-state index is -3.75. The van der Waals surface area contributed by atoms with Crippen molar-refractivity contribution in [2.45, 2.75) is 19.8 Å². The van der Waals surface area contributed by atoms with E-state index in [1.54, 1.807) is 20.1 Å². The van der Waals surface area contributed by atoms with Crippen molar-refractivity contribution in [3.05, 3.63) is 59.4 Å². The number of hydrogen-bond donors (Lipinski definition) is 2. The van der Waals surface area contributed by atoms with Crippen LogP contribution in [0.3, 0.4) is 0 Å². The van der Waals surface area contributed by atoms with Gasteiger partial charge in [0.15, 0.2) is 0 Å². The van der Waals surface area contributed by atoms with Crippen molar-refractivity contribution in [2.24, 2.45) is 5.92 Å². The zero-order chi connectivity index (χ0) is 23.1.